The standard InChI is InChI=1S/C9H14N5O7P.2Na/c10-9-12-7-6(8(16)13-9)11-2-14(7)3-20-5(1-15)21-4-22(17,18)19;;/h2,5,15H,1,3-4H2,(H2,17,18,19)(H3,10,12,13,16);;/q;2*+1. The predicted molar refractivity (Wildman–Crippen MR) is 72.5 cm³/mol. The first-order valence-corrected chi connectivity index (χ1v) is 7.69. The number of H-pyrrole nitrogens is 1. The third kappa shape index (κ3) is 6.83. The molecule has 0 bridgehead atoms. The van der Waals surface area contributed by atoms with Crippen molar-refractivity contribution >= 4 is 24.7 Å². The number of aliphatic hydroxyl groups is 1. The van der Waals surface area contributed by atoms with Gasteiger partial charge in [0.1, 0.15) is 6.73 Å². The van der Waals surface area contributed by atoms with Crippen LogP contribution in [0.2, 0.25) is 0 Å². The van der Waals surface area contributed by atoms with E-state index in [1.807, 2.05) is 0 Å². The van der Waals surface area contributed by atoms with Crippen molar-refractivity contribution < 1.29 is 88.0 Å². The fourth-order valence-corrected chi connectivity index (χ4v) is 1.92. The van der Waals surface area contributed by atoms with E-state index in [4.69, 9.17) is 30.1 Å². The fraction of sp³-hybridized carbons (Fsp3) is 0.444. The van der Waals surface area contributed by atoms with Crippen LogP contribution in [-0.2, 0) is 20.8 Å². The van der Waals surface area contributed by atoms with Crippen LogP contribution >= 0.6 is 7.60 Å². The average molecular weight is 381 g/mol. The summed E-state index contributed by atoms with van der Waals surface area (Å²) in [5, 5.41) is 9.03. The summed E-state index contributed by atoms with van der Waals surface area (Å²) in [7, 11) is -4.38. The van der Waals surface area contributed by atoms with Crippen molar-refractivity contribution in [2.45, 2.75) is 13.0 Å². The molecule has 0 saturated carbocycles. The molecule has 0 aliphatic carbocycles. The molecule has 0 amide bonds. The number of hydrogen-bond acceptors (Lipinski definition) is 8. The molecule has 2 heterocycles. The van der Waals surface area contributed by atoms with Crippen molar-refractivity contribution in [2.24, 2.45) is 0 Å². The SMILES string of the molecule is Nc1nc2c(ncn2COC(CO)OCP(=O)(O)O)c(=O)[nH]1.[Na+].[Na+]. The molecule has 24 heavy (non-hydrogen) atoms. The minimum atomic E-state index is -4.38. The number of anilines is 1. The molecule has 1 atom stereocenters. The third-order valence-electron chi connectivity index (χ3n) is 2.47. The maximum absolute atomic E-state index is 11.6. The van der Waals surface area contributed by atoms with E-state index < -0.39 is 32.4 Å². The Morgan fingerprint density at radius 1 is 1.38 bits per heavy atom. The Balaban J connectivity index is 0.00000264. The Morgan fingerprint density at radius 2 is 2.04 bits per heavy atom. The molecule has 0 spiro atoms. The number of nitrogens with two attached hydrogens (primary N) is 1. The number of fused-ring (bicyclic) bond motifs is 1. The zero-order valence-corrected chi connectivity index (χ0v) is 18.0. The molecule has 0 fully saturated rings. The second-order valence-electron chi connectivity index (χ2n) is 4.21. The van der Waals surface area contributed by atoms with Gasteiger partial charge in [-0.1, -0.05) is 0 Å². The van der Waals surface area contributed by atoms with Crippen molar-refractivity contribution in [3.63, 3.8) is 0 Å². The van der Waals surface area contributed by atoms with Gasteiger partial charge in [0.05, 0.1) is 12.9 Å². The van der Waals surface area contributed by atoms with Crippen molar-refractivity contribution in [2.75, 3.05) is 18.7 Å². The Morgan fingerprint density at radius 3 is 2.62 bits per heavy atom. The quantitative estimate of drug-likeness (QED) is 0.175. The number of nitrogen functional groups attached to an aromatic ring is 1. The Bertz CT molecular complexity index is 762. The van der Waals surface area contributed by atoms with Gasteiger partial charge < -0.3 is 30.1 Å². The normalized spacial score (nSPS) is 12.5. The van der Waals surface area contributed by atoms with Gasteiger partial charge in [-0.3, -0.25) is 18.9 Å². The van der Waals surface area contributed by atoms with Crippen LogP contribution in [0.25, 0.3) is 11.2 Å². The van der Waals surface area contributed by atoms with E-state index in [1.54, 1.807) is 0 Å². The minimum Gasteiger partial charge on any atom is -0.391 e. The Labute approximate surface area is 179 Å². The van der Waals surface area contributed by atoms with E-state index in [-0.39, 0.29) is 83.0 Å². The number of aliphatic hydroxyl groups excluding tert-OH is 1. The van der Waals surface area contributed by atoms with E-state index in [1.165, 1.54) is 10.9 Å². The predicted octanol–water partition coefficient (Wildman–Crippen LogP) is -7.85. The van der Waals surface area contributed by atoms with E-state index >= 15 is 0 Å². The summed E-state index contributed by atoms with van der Waals surface area (Å²) in [6.45, 7) is -0.846. The van der Waals surface area contributed by atoms with Gasteiger partial charge in [0.15, 0.2) is 23.8 Å². The van der Waals surface area contributed by atoms with E-state index in [9.17, 15) is 9.36 Å². The summed E-state index contributed by atoms with van der Waals surface area (Å²) in [5.74, 6) is -0.101. The van der Waals surface area contributed by atoms with Crippen LogP contribution in [-0.4, -0.2) is 53.7 Å². The van der Waals surface area contributed by atoms with Crippen LogP contribution in [0.1, 0.15) is 0 Å². The first-order chi connectivity index (χ1) is 10.3. The maximum atomic E-state index is 11.6. The van der Waals surface area contributed by atoms with Gasteiger partial charge in [0.2, 0.25) is 5.95 Å². The molecule has 0 saturated heterocycles. The molecule has 0 aliphatic heterocycles. The zero-order valence-electron chi connectivity index (χ0n) is 13.1. The summed E-state index contributed by atoms with van der Waals surface area (Å²) in [6.07, 6.45) is -0.887. The van der Waals surface area contributed by atoms with Gasteiger partial charge in [-0.15, -0.1) is 0 Å². The molecule has 0 aromatic carbocycles. The second kappa shape index (κ2) is 10.4. The van der Waals surface area contributed by atoms with E-state index in [0.717, 1.165) is 0 Å². The molecule has 15 heteroatoms. The third-order valence-corrected chi connectivity index (χ3v) is 2.96. The first kappa shape index (κ1) is 24.2. The van der Waals surface area contributed by atoms with Gasteiger partial charge in [-0.25, -0.2) is 4.98 Å². The van der Waals surface area contributed by atoms with Crippen LogP contribution in [0.5, 0.6) is 0 Å². The van der Waals surface area contributed by atoms with Crippen LogP contribution in [0.4, 0.5) is 5.95 Å². The van der Waals surface area contributed by atoms with E-state index in [0.29, 0.717) is 0 Å². The monoisotopic (exact) mass is 381 g/mol. The molecule has 1 unspecified atom stereocenters. The molecule has 2 aromatic rings. The van der Waals surface area contributed by atoms with Gasteiger partial charge in [0, 0.05) is 0 Å². The average Bonchev–Trinajstić information content (AvgIpc) is 2.81. The maximum Gasteiger partial charge on any atom is 1.00 e. The number of aromatic amines is 1. The molecule has 0 aliphatic rings. The number of nitrogens with one attached hydrogen (secondary N) is 1. The van der Waals surface area contributed by atoms with Crippen molar-refractivity contribution in [1.29, 1.82) is 0 Å². The Hall–Kier alpha value is 0.180. The fourth-order valence-electron chi connectivity index (χ4n) is 1.56. The number of aromatic nitrogens is 4. The summed E-state index contributed by atoms with van der Waals surface area (Å²) >= 11 is 0. The molecule has 2 rings (SSSR count). The number of imidazole rings is 1. The summed E-state index contributed by atoms with van der Waals surface area (Å²) in [6, 6.07) is 0. The van der Waals surface area contributed by atoms with Crippen molar-refractivity contribution in [3.05, 3.63) is 16.7 Å². The van der Waals surface area contributed by atoms with Crippen LogP contribution < -0.4 is 70.4 Å². The number of ether oxygens (including phenoxy) is 2. The van der Waals surface area contributed by atoms with Crippen molar-refractivity contribution in [3.8, 4) is 0 Å². The molecule has 12 nitrogen and oxygen atoms in total. The largest absolute Gasteiger partial charge is 1.00 e. The summed E-state index contributed by atoms with van der Waals surface area (Å²) in [5.41, 5.74) is 5.13. The summed E-state index contributed by atoms with van der Waals surface area (Å²) in [4.78, 5) is 39.0. The molecule has 6 N–H and O–H groups in total. The smallest absolute Gasteiger partial charge is 0.391 e. The molecule has 0 radical (unpaired) electrons. The topological polar surface area (TPSA) is 186 Å². The Kier molecular flexibility index (Phi) is 10.4. The molecular formula is C9H14N5Na2O7P+2. The number of rotatable bonds is 7. The first-order valence-electron chi connectivity index (χ1n) is 5.89. The molecule has 2 aromatic heterocycles. The van der Waals surface area contributed by atoms with Gasteiger partial charge >= 0.3 is 66.7 Å². The van der Waals surface area contributed by atoms with E-state index in [2.05, 4.69) is 15.0 Å². The van der Waals surface area contributed by atoms with Gasteiger partial charge in [0.25, 0.3) is 5.56 Å². The zero-order chi connectivity index (χ0) is 16.3. The van der Waals surface area contributed by atoms with Crippen LogP contribution in [0.3, 0.4) is 0 Å². The summed E-state index contributed by atoms with van der Waals surface area (Å²) < 4.78 is 21.9. The minimum absolute atomic E-state index is 0. The van der Waals surface area contributed by atoms with Gasteiger partial charge in [-0.2, -0.15) is 4.98 Å². The number of hydrogen-bond donors (Lipinski definition) is 5. The van der Waals surface area contributed by atoms with Crippen LogP contribution in [0, 0.1) is 0 Å². The molecule has 122 valence electrons. The van der Waals surface area contributed by atoms with Crippen molar-refractivity contribution in [1.82, 2.24) is 19.5 Å². The van der Waals surface area contributed by atoms with Gasteiger partial charge in [-0.05, 0) is 0 Å². The second-order valence-corrected chi connectivity index (χ2v) is 5.79. The number of nitrogens with zero attached hydrogens (tertiary/aromatic N) is 3. The van der Waals surface area contributed by atoms with Crippen LogP contribution in [0.15, 0.2) is 11.1 Å². The molecular weight excluding hydrogens is 367 g/mol.